The van der Waals surface area contributed by atoms with Crippen LogP contribution in [0.15, 0.2) is 64.1 Å². The average molecular weight is 428 g/mol. The molecule has 11 heteroatoms. The average Bonchev–Trinajstić information content (AvgIpc) is 3.44. The van der Waals surface area contributed by atoms with E-state index < -0.39 is 0 Å². The molecular formula is C21H16N8O3. The molecule has 0 radical (unpaired) electrons. The lowest BCUT2D eigenvalue weighted by Crippen LogP contribution is -2.12. The number of hydrogen-bond donors (Lipinski definition) is 3. The number of aromatic nitrogens is 6. The summed E-state index contributed by atoms with van der Waals surface area (Å²) in [6, 6.07) is 14.5. The second kappa shape index (κ2) is 7.80. The Morgan fingerprint density at radius 3 is 2.59 bits per heavy atom. The van der Waals surface area contributed by atoms with E-state index in [1.807, 2.05) is 30.3 Å². The van der Waals surface area contributed by atoms with Gasteiger partial charge in [-0.15, -0.1) is 10.2 Å². The minimum absolute atomic E-state index is 0.188. The molecule has 2 aromatic carbocycles. The third kappa shape index (κ3) is 3.47. The number of rotatable bonds is 6. The van der Waals surface area contributed by atoms with Crippen molar-refractivity contribution in [2.45, 2.75) is 0 Å². The zero-order chi connectivity index (χ0) is 22.1. The molecule has 11 nitrogen and oxygen atoms in total. The minimum Gasteiger partial charge on any atom is -0.416 e. The highest BCUT2D eigenvalue weighted by atomic mass is 16.4. The van der Waals surface area contributed by atoms with Crippen molar-refractivity contribution < 1.29 is 9.21 Å². The second-order valence-electron chi connectivity index (χ2n) is 6.87. The second-order valence-corrected chi connectivity index (χ2v) is 6.87. The van der Waals surface area contributed by atoms with Gasteiger partial charge in [0.1, 0.15) is 0 Å². The molecule has 0 spiro atoms. The van der Waals surface area contributed by atoms with E-state index >= 15 is 0 Å². The summed E-state index contributed by atoms with van der Waals surface area (Å²) in [4.78, 5) is 34.5. The van der Waals surface area contributed by atoms with Gasteiger partial charge in [0.05, 0.1) is 17.7 Å². The largest absolute Gasteiger partial charge is 0.416 e. The predicted octanol–water partition coefficient (Wildman–Crippen LogP) is 2.69. The number of aromatic amines is 1. The summed E-state index contributed by atoms with van der Waals surface area (Å²) < 4.78 is 7.46. The number of anilines is 3. The fraction of sp³-hybridized carbons (Fsp3) is 0.0476. The van der Waals surface area contributed by atoms with Crippen LogP contribution in [0.1, 0.15) is 0 Å². The van der Waals surface area contributed by atoms with Crippen molar-refractivity contribution in [2.75, 3.05) is 10.6 Å². The SMILES string of the molecule is Cn1cnc2c(=O)[nH]c(Nc3cc(-c4nnc(-c5ccccc5)o4)ccc3NC=O)nc21. The summed E-state index contributed by atoms with van der Waals surface area (Å²) in [7, 11) is 1.74. The third-order valence-corrected chi connectivity index (χ3v) is 4.75. The number of hydrogen-bond acceptors (Lipinski definition) is 8. The van der Waals surface area contributed by atoms with Crippen LogP contribution in [-0.2, 0) is 11.8 Å². The van der Waals surface area contributed by atoms with Gasteiger partial charge < -0.3 is 19.6 Å². The number of aryl methyl sites for hydroxylation is 1. The van der Waals surface area contributed by atoms with Crippen molar-refractivity contribution in [3.63, 3.8) is 0 Å². The number of nitrogens with one attached hydrogen (secondary N) is 3. The molecule has 0 saturated heterocycles. The minimum atomic E-state index is -0.386. The van der Waals surface area contributed by atoms with Gasteiger partial charge in [0, 0.05) is 18.2 Å². The molecule has 3 N–H and O–H groups in total. The number of carbonyl (C=O) groups is 1. The smallest absolute Gasteiger partial charge is 0.280 e. The van der Waals surface area contributed by atoms with Crippen LogP contribution in [0.4, 0.5) is 17.3 Å². The fourth-order valence-corrected chi connectivity index (χ4v) is 3.21. The van der Waals surface area contributed by atoms with Crippen LogP contribution in [0.5, 0.6) is 0 Å². The van der Waals surface area contributed by atoms with Crippen LogP contribution in [0.25, 0.3) is 34.1 Å². The van der Waals surface area contributed by atoms with Gasteiger partial charge in [0.25, 0.3) is 5.56 Å². The standard InChI is InChI=1S/C21H16N8O3/c1-29-10-22-16-17(29)25-21(26-18(16)31)24-15-9-13(7-8-14(15)23-11-30)20-28-27-19(32-20)12-5-3-2-4-6-12/h2-11H,1H3,(H,23,30)(H2,24,25,26,31). The predicted molar refractivity (Wildman–Crippen MR) is 117 cm³/mol. The normalized spacial score (nSPS) is 10.9. The molecule has 3 heterocycles. The topological polar surface area (TPSA) is 144 Å². The fourth-order valence-electron chi connectivity index (χ4n) is 3.21. The highest BCUT2D eigenvalue weighted by Crippen LogP contribution is 2.31. The van der Waals surface area contributed by atoms with Gasteiger partial charge >= 0.3 is 0 Å². The molecular weight excluding hydrogens is 412 g/mol. The van der Waals surface area contributed by atoms with Crippen LogP contribution in [0, 0.1) is 0 Å². The van der Waals surface area contributed by atoms with Crippen molar-refractivity contribution in [3.05, 3.63) is 65.2 Å². The van der Waals surface area contributed by atoms with Gasteiger partial charge in [-0.05, 0) is 30.3 Å². The third-order valence-electron chi connectivity index (χ3n) is 4.75. The Hall–Kier alpha value is -4.80. The van der Waals surface area contributed by atoms with Crippen molar-refractivity contribution in [1.29, 1.82) is 0 Å². The summed E-state index contributed by atoms with van der Waals surface area (Å²) in [5.41, 5.74) is 2.62. The lowest BCUT2D eigenvalue weighted by atomic mass is 10.1. The maximum absolute atomic E-state index is 12.3. The number of fused-ring (bicyclic) bond motifs is 1. The molecule has 0 bridgehead atoms. The highest BCUT2D eigenvalue weighted by molar-refractivity contribution is 5.85. The monoisotopic (exact) mass is 428 g/mol. The van der Waals surface area contributed by atoms with Crippen LogP contribution in [0.3, 0.4) is 0 Å². The molecule has 0 aliphatic carbocycles. The maximum Gasteiger partial charge on any atom is 0.280 e. The number of imidazole rings is 1. The van der Waals surface area contributed by atoms with Crippen molar-refractivity contribution in [1.82, 2.24) is 29.7 Å². The van der Waals surface area contributed by atoms with Crippen molar-refractivity contribution in [3.8, 4) is 22.9 Å². The highest BCUT2D eigenvalue weighted by Gasteiger charge is 2.14. The quantitative estimate of drug-likeness (QED) is 0.350. The first-order chi connectivity index (χ1) is 15.6. The Morgan fingerprint density at radius 1 is 1.03 bits per heavy atom. The maximum atomic E-state index is 12.3. The number of amides is 1. The summed E-state index contributed by atoms with van der Waals surface area (Å²) >= 11 is 0. The van der Waals surface area contributed by atoms with E-state index in [4.69, 9.17) is 4.42 Å². The van der Waals surface area contributed by atoms with Gasteiger partial charge in [-0.25, -0.2) is 4.98 Å². The lowest BCUT2D eigenvalue weighted by Gasteiger charge is -2.11. The molecule has 32 heavy (non-hydrogen) atoms. The molecule has 5 rings (SSSR count). The molecule has 0 aliphatic rings. The molecule has 3 aromatic heterocycles. The molecule has 0 unspecified atom stereocenters. The van der Waals surface area contributed by atoms with Crippen molar-refractivity contribution >= 4 is 34.9 Å². The Bertz CT molecular complexity index is 1490. The van der Waals surface area contributed by atoms with Gasteiger partial charge in [0.2, 0.25) is 24.1 Å². The van der Waals surface area contributed by atoms with E-state index in [1.165, 1.54) is 6.33 Å². The molecule has 0 saturated carbocycles. The Kier molecular flexibility index (Phi) is 4.67. The molecule has 1 amide bonds. The Balaban J connectivity index is 1.53. The van der Waals surface area contributed by atoms with Crippen LogP contribution >= 0.6 is 0 Å². The molecule has 5 aromatic rings. The van der Waals surface area contributed by atoms with Gasteiger partial charge in [-0.3, -0.25) is 14.6 Å². The molecule has 0 atom stereocenters. The Morgan fingerprint density at radius 2 is 1.81 bits per heavy atom. The summed E-state index contributed by atoms with van der Waals surface area (Å²) in [6.07, 6.45) is 2.07. The van der Waals surface area contributed by atoms with Gasteiger partial charge in [-0.1, -0.05) is 18.2 Å². The number of nitrogens with zero attached hydrogens (tertiary/aromatic N) is 5. The van der Waals surface area contributed by atoms with Crippen LogP contribution in [-0.4, -0.2) is 36.1 Å². The first kappa shape index (κ1) is 19.2. The number of carbonyl (C=O) groups excluding carboxylic acids is 1. The molecule has 0 fully saturated rings. The van der Waals surface area contributed by atoms with E-state index in [-0.39, 0.29) is 17.0 Å². The molecule has 0 aliphatic heterocycles. The summed E-state index contributed by atoms with van der Waals surface area (Å²) in [6.45, 7) is 0. The van der Waals surface area contributed by atoms with E-state index in [0.717, 1.165) is 5.56 Å². The lowest BCUT2D eigenvalue weighted by molar-refractivity contribution is -0.105. The van der Waals surface area contributed by atoms with Crippen molar-refractivity contribution in [2.24, 2.45) is 7.05 Å². The zero-order valence-corrected chi connectivity index (χ0v) is 16.7. The van der Waals surface area contributed by atoms with Crippen LogP contribution in [0.2, 0.25) is 0 Å². The van der Waals surface area contributed by atoms with E-state index in [2.05, 4.69) is 35.8 Å². The molecule has 158 valence electrons. The van der Waals surface area contributed by atoms with Gasteiger partial charge in [-0.2, -0.15) is 4.98 Å². The summed E-state index contributed by atoms with van der Waals surface area (Å²) in [5, 5.41) is 13.9. The van der Waals surface area contributed by atoms with E-state index in [1.54, 1.807) is 29.8 Å². The summed E-state index contributed by atoms with van der Waals surface area (Å²) in [5.74, 6) is 0.874. The van der Waals surface area contributed by atoms with E-state index in [0.29, 0.717) is 40.8 Å². The van der Waals surface area contributed by atoms with E-state index in [9.17, 15) is 9.59 Å². The van der Waals surface area contributed by atoms with Crippen LogP contribution < -0.4 is 16.2 Å². The Labute approximate surface area is 180 Å². The first-order valence-corrected chi connectivity index (χ1v) is 9.54. The number of benzene rings is 2. The first-order valence-electron chi connectivity index (χ1n) is 9.54. The number of H-pyrrole nitrogens is 1. The van der Waals surface area contributed by atoms with Gasteiger partial charge in [0.15, 0.2) is 11.2 Å². The zero-order valence-electron chi connectivity index (χ0n) is 16.7.